The van der Waals surface area contributed by atoms with Gasteiger partial charge in [0.1, 0.15) is 18.2 Å². The van der Waals surface area contributed by atoms with Crippen molar-refractivity contribution in [2.45, 2.75) is 54.6 Å². The minimum absolute atomic E-state index is 0.232. The van der Waals surface area contributed by atoms with Gasteiger partial charge in [-0.2, -0.15) is 0 Å². The molecule has 1 saturated heterocycles. The van der Waals surface area contributed by atoms with Gasteiger partial charge in [-0.15, -0.1) is 0 Å². The molecule has 176 valence electrons. The Balaban J connectivity index is 1.85. The van der Waals surface area contributed by atoms with Crippen molar-refractivity contribution in [3.05, 3.63) is 82.2 Å². The van der Waals surface area contributed by atoms with Gasteiger partial charge in [-0.1, -0.05) is 101 Å². The molecule has 3 rings (SSSR count). The monoisotopic (exact) mass is 512 g/mol. The smallest absolute Gasteiger partial charge is 0.265 e. The van der Waals surface area contributed by atoms with Crippen LogP contribution in [0.3, 0.4) is 0 Å². The molecule has 0 aliphatic carbocycles. The van der Waals surface area contributed by atoms with Gasteiger partial charge in [0.25, 0.3) is 3.79 Å². The SMILES string of the molecule is CC1O[C@@H](OC(=N)C(Cl)(Cl)Cl)C(N=[N+]=[N-])C(OCc2ccccc2)[C@@H]1OCc1ccccc1. The largest absolute Gasteiger partial charge is 0.448 e. The van der Waals surface area contributed by atoms with E-state index in [2.05, 4.69) is 10.0 Å². The van der Waals surface area contributed by atoms with E-state index in [1.807, 2.05) is 60.7 Å². The summed E-state index contributed by atoms with van der Waals surface area (Å²) >= 11 is 17.3. The van der Waals surface area contributed by atoms with Gasteiger partial charge in [-0.3, -0.25) is 5.41 Å². The summed E-state index contributed by atoms with van der Waals surface area (Å²) in [4.78, 5) is 2.92. The Kier molecular flexibility index (Phi) is 9.23. The van der Waals surface area contributed by atoms with Crippen LogP contribution < -0.4 is 0 Å². The summed E-state index contributed by atoms with van der Waals surface area (Å²) in [7, 11) is 0. The van der Waals surface area contributed by atoms with Crippen LogP contribution in [0.5, 0.6) is 0 Å². The molecule has 1 fully saturated rings. The molecule has 0 bridgehead atoms. The zero-order valence-corrected chi connectivity index (χ0v) is 20.0. The summed E-state index contributed by atoms with van der Waals surface area (Å²) in [6.45, 7) is 2.30. The van der Waals surface area contributed by atoms with Crippen LogP contribution in [-0.4, -0.2) is 40.3 Å². The molecule has 3 unspecified atom stereocenters. The number of hydrogen-bond donors (Lipinski definition) is 1. The Labute approximate surface area is 206 Å². The normalized spacial score (nSPS) is 25.2. The van der Waals surface area contributed by atoms with E-state index in [-0.39, 0.29) is 6.61 Å². The Morgan fingerprint density at radius 2 is 1.52 bits per heavy atom. The summed E-state index contributed by atoms with van der Waals surface area (Å²) in [5, 5.41) is 11.7. The highest BCUT2D eigenvalue weighted by molar-refractivity contribution is 6.76. The predicted molar refractivity (Wildman–Crippen MR) is 126 cm³/mol. The van der Waals surface area contributed by atoms with E-state index in [4.69, 9.17) is 59.2 Å². The van der Waals surface area contributed by atoms with Crippen molar-refractivity contribution < 1.29 is 18.9 Å². The van der Waals surface area contributed by atoms with E-state index in [1.54, 1.807) is 6.92 Å². The van der Waals surface area contributed by atoms with Crippen molar-refractivity contribution >= 4 is 40.7 Å². The summed E-state index contributed by atoms with van der Waals surface area (Å²) in [5.41, 5.74) is 11.1. The number of nitrogens with one attached hydrogen (secondary N) is 1. The summed E-state index contributed by atoms with van der Waals surface area (Å²) in [6, 6.07) is 18.1. The second-order valence-corrected chi connectivity index (χ2v) is 9.65. The topological polar surface area (TPSA) is 110 Å². The number of benzene rings is 2. The predicted octanol–water partition coefficient (Wildman–Crippen LogP) is 5.94. The van der Waals surface area contributed by atoms with E-state index in [9.17, 15) is 5.53 Å². The van der Waals surface area contributed by atoms with Gasteiger partial charge >= 0.3 is 0 Å². The third kappa shape index (κ3) is 7.22. The molecule has 1 heterocycles. The lowest BCUT2D eigenvalue weighted by atomic mass is 9.97. The molecule has 0 aromatic heterocycles. The van der Waals surface area contributed by atoms with Crippen LogP contribution >= 0.6 is 34.8 Å². The quantitative estimate of drug-likeness (QED) is 0.117. The number of alkyl halides is 3. The first-order valence-electron chi connectivity index (χ1n) is 10.1. The number of azide groups is 1. The number of halogens is 3. The van der Waals surface area contributed by atoms with Crippen molar-refractivity contribution in [3.8, 4) is 0 Å². The Morgan fingerprint density at radius 1 is 1.00 bits per heavy atom. The highest BCUT2D eigenvalue weighted by Gasteiger charge is 2.48. The number of ether oxygens (including phenoxy) is 4. The van der Waals surface area contributed by atoms with E-state index >= 15 is 0 Å². The van der Waals surface area contributed by atoms with Gasteiger partial charge in [0.2, 0.25) is 12.2 Å². The molecule has 0 saturated carbocycles. The van der Waals surface area contributed by atoms with E-state index in [0.29, 0.717) is 6.61 Å². The summed E-state index contributed by atoms with van der Waals surface area (Å²) < 4.78 is 21.6. The first kappa shape index (κ1) is 25.6. The van der Waals surface area contributed by atoms with Gasteiger partial charge < -0.3 is 18.9 Å². The molecule has 1 aliphatic heterocycles. The minimum Gasteiger partial charge on any atom is -0.448 e. The standard InChI is InChI=1S/C22H23Cl3N4O4/c1-14-18(30-12-15-8-4-2-5-9-15)19(31-13-16-10-6-3-7-11-16)17(28-29-27)20(32-14)33-21(26)22(23,24)25/h2-11,14,17-20,26H,12-13H2,1H3/t14?,17?,18-,19?,20+/m1/s1. The van der Waals surface area contributed by atoms with E-state index in [1.165, 1.54) is 0 Å². The van der Waals surface area contributed by atoms with Gasteiger partial charge in [0.05, 0.1) is 19.3 Å². The van der Waals surface area contributed by atoms with Crippen LogP contribution in [0.25, 0.3) is 10.4 Å². The number of hydrogen-bond acceptors (Lipinski definition) is 6. The molecule has 0 amide bonds. The fourth-order valence-corrected chi connectivity index (χ4v) is 3.54. The maximum atomic E-state index is 9.21. The van der Waals surface area contributed by atoms with Crippen LogP contribution in [-0.2, 0) is 32.2 Å². The van der Waals surface area contributed by atoms with Gasteiger partial charge in [0, 0.05) is 4.91 Å². The maximum absolute atomic E-state index is 9.21. The zero-order valence-electron chi connectivity index (χ0n) is 17.7. The molecule has 1 aliphatic rings. The lowest BCUT2D eigenvalue weighted by Gasteiger charge is -2.43. The fraction of sp³-hybridized carbons (Fsp3) is 0.409. The van der Waals surface area contributed by atoms with Crippen LogP contribution in [0.2, 0.25) is 0 Å². The van der Waals surface area contributed by atoms with E-state index in [0.717, 1.165) is 11.1 Å². The molecule has 11 heteroatoms. The Morgan fingerprint density at radius 3 is 2.00 bits per heavy atom. The van der Waals surface area contributed by atoms with Crippen molar-refractivity contribution in [2.24, 2.45) is 5.11 Å². The molecule has 8 nitrogen and oxygen atoms in total. The lowest BCUT2D eigenvalue weighted by molar-refractivity contribution is -0.255. The Hall–Kier alpha value is -2.03. The molecule has 2 aromatic carbocycles. The average Bonchev–Trinajstić information content (AvgIpc) is 2.79. The van der Waals surface area contributed by atoms with Crippen LogP contribution in [0.1, 0.15) is 18.1 Å². The zero-order chi connectivity index (χ0) is 23.8. The van der Waals surface area contributed by atoms with Crippen LogP contribution in [0.4, 0.5) is 0 Å². The third-order valence-corrected chi connectivity index (χ3v) is 5.51. The minimum atomic E-state index is -2.10. The van der Waals surface area contributed by atoms with Crippen molar-refractivity contribution in [2.75, 3.05) is 0 Å². The van der Waals surface area contributed by atoms with E-state index < -0.39 is 40.3 Å². The van der Waals surface area contributed by atoms with Crippen molar-refractivity contribution in [1.29, 1.82) is 5.41 Å². The first-order valence-corrected chi connectivity index (χ1v) is 11.3. The second kappa shape index (κ2) is 11.9. The lowest BCUT2D eigenvalue weighted by Crippen LogP contribution is -2.59. The van der Waals surface area contributed by atoms with Gasteiger partial charge in [-0.05, 0) is 23.6 Å². The molecule has 1 N–H and O–H groups in total. The van der Waals surface area contributed by atoms with Crippen molar-refractivity contribution in [1.82, 2.24) is 0 Å². The number of rotatable bonds is 8. The summed E-state index contributed by atoms with van der Waals surface area (Å²) in [6.07, 6.45) is -3.13. The van der Waals surface area contributed by atoms with Crippen LogP contribution in [0, 0.1) is 5.41 Å². The molecular weight excluding hydrogens is 491 g/mol. The molecule has 0 radical (unpaired) electrons. The maximum Gasteiger partial charge on any atom is 0.265 e. The highest BCUT2D eigenvalue weighted by Crippen LogP contribution is 2.34. The van der Waals surface area contributed by atoms with Gasteiger partial charge in [0.15, 0.2) is 0 Å². The molecule has 2 aromatic rings. The highest BCUT2D eigenvalue weighted by atomic mass is 35.6. The van der Waals surface area contributed by atoms with Gasteiger partial charge in [-0.25, -0.2) is 0 Å². The average molecular weight is 514 g/mol. The Bertz CT molecular complexity index is 955. The first-order chi connectivity index (χ1) is 15.8. The fourth-order valence-electron chi connectivity index (χ4n) is 3.40. The van der Waals surface area contributed by atoms with Crippen LogP contribution in [0.15, 0.2) is 65.8 Å². The molecule has 5 atom stereocenters. The third-order valence-electron chi connectivity index (χ3n) is 5.00. The molecule has 33 heavy (non-hydrogen) atoms. The second-order valence-electron chi connectivity index (χ2n) is 7.37. The molecular formula is C22H23Cl3N4O4. The summed E-state index contributed by atoms with van der Waals surface area (Å²) in [5.74, 6) is -0.659. The number of nitrogens with zero attached hydrogens (tertiary/aromatic N) is 3. The van der Waals surface area contributed by atoms with Crippen molar-refractivity contribution in [3.63, 3.8) is 0 Å². The molecule has 0 spiro atoms.